The predicted octanol–water partition coefficient (Wildman–Crippen LogP) is 2.70. The molecule has 25 heavy (non-hydrogen) atoms. The van der Waals surface area contributed by atoms with Crippen molar-refractivity contribution in [3.05, 3.63) is 59.9 Å². The van der Waals surface area contributed by atoms with Crippen molar-refractivity contribution in [3.63, 3.8) is 0 Å². The summed E-state index contributed by atoms with van der Waals surface area (Å²) in [5.74, 6) is -0.215. The Kier molecular flexibility index (Phi) is 5.89. The van der Waals surface area contributed by atoms with Crippen LogP contribution in [0, 0.1) is 12.7 Å². The molecule has 1 N–H and O–H groups in total. The molecule has 1 saturated heterocycles. The largest absolute Gasteiger partial charge is 0.488 e. The van der Waals surface area contributed by atoms with Crippen molar-refractivity contribution in [3.8, 4) is 5.75 Å². The molecule has 0 aromatic heterocycles. The zero-order valence-corrected chi connectivity index (χ0v) is 14.6. The third-order valence-corrected chi connectivity index (χ3v) is 4.48. The third kappa shape index (κ3) is 4.94. The molecule has 1 fully saturated rings. The first-order chi connectivity index (χ1) is 12.1. The highest BCUT2D eigenvalue weighted by molar-refractivity contribution is 5.48. The molecular formula is C20H25FN2O2. The van der Waals surface area contributed by atoms with Gasteiger partial charge in [0.1, 0.15) is 12.7 Å². The van der Waals surface area contributed by atoms with Gasteiger partial charge in [-0.1, -0.05) is 24.3 Å². The minimum absolute atomic E-state index is 0.0963. The van der Waals surface area contributed by atoms with E-state index in [1.807, 2.05) is 0 Å². The number of piperazine rings is 1. The van der Waals surface area contributed by atoms with E-state index in [1.54, 1.807) is 18.2 Å². The number of nitrogens with zero attached hydrogens (tertiary/aromatic N) is 2. The lowest BCUT2D eigenvalue weighted by molar-refractivity contribution is 0.0649. The Labute approximate surface area is 148 Å². The first kappa shape index (κ1) is 17.7. The van der Waals surface area contributed by atoms with Gasteiger partial charge in [-0.05, 0) is 36.8 Å². The van der Waals surface area contributed by atoms with Crippen LogP contribution in [0.2, 0.25) is 0 Å². The van der Waals surface area contributed by atoms with E-state index < -0.39 is 11.9 Å². The van der Waals surface area contributed by atoms with Crippen LogP contribution >= 0.6 is 0 Å². The zero-order chi connectivity index (χ0) is 17.6. The molecule has 0 amide bonds. The van der Waals surface area contributed by atoms with Gasteiger partial charge in [0, 0.05) is 38.4 Å². The van der Waals surface area contributed by atoms with Gasteiger partial charge >= 0.3 is 0 Å². The lowest BCUT2D eigenvalue weighted by Crippen LogP contribution is -2.49. The number of para-hydroxylation sites is 1. The zero-order valence-electron chi connectivity index (χ0n) is 14.6. The number of benzene rings is 2. The average Bonchev–Trinajstić information content (AvgIpc) is 2.62. The summed E-state index contributed by atoms with van der Waals surface area (Å²) in [4.78, 5) is 4.59. The Balaban J connectivity index is 1.43. The normalized spacial score (nSPS) is 16.7. The third-order valence-electron chi connectivity index (χ3n) is 4.48. The fourth-order valence-electron chi connectivity index (χ4n) is 3.11. The summed E-state index contributed by atoms with van der Waals surface area (Å²) in [6.07, 6.45) is -0.634. The van der Waals surface area contributed by atoms with Crippen LogP contribution in [0.5, 0.6) is 5.75 Å². The van der Waals surface area contributed by atoms with Crippen LogP contribution in [-0.2, 0) is 0 Å². The topological polar surface area (TPSA) is 35.9 Å². The van der Waals surface area contributed by atoms with Crippen molar-refractivity contribution in [1.29, 1.82) is 0 Å². The lowest BCUT2D eigenvalue weighted by Gasteiger charge is -2.37. The van der Waals surface area contributed by atoms with Gasteiger partial charge in [-0.25, -0.2) is 4.39 Å². The van der Waals surface area contributed by atoms with Crippen molar-refractivity contribution in [1.82, 2.24) is 4.90 Å². The van der Waals surface area contributed by atoms with E-state index in [1.165, 1.54) is 17.3 Å². The number of hydrogen-bond acceptors (Lipinski definition) is 4. The molecule has 0 spiro atoms. The van der Waals surface area contributed by atoms with Gasteiger partial charge in [-0.15, -0.1) is 0 Å². The summed E-state index contributed by atoms with van der Waals surface area (Å²) >= 11 is 0. The van der Waals surface area contributed by atoms with Gasteiger partial charge in [0.25, 0.3) is 0 Å². The van der Waals surface area contributed by atoms with Crippen molar-refractivity contribution in [2.45, 2.75) is 13.0 Å². The highest BCUT2D eigenvalue weighted by Gasteiger charge is 2.20. The van der Waals surface area contributed by atoms with E-state index >= 15 is 0 Å². The van der Waals surface area contributed by atoms with E-state index in [0.717, 1.165) is 26.2 Å². The number of rotatable bonds is 6. The van der Waals surface area contributed by atoms with Crippen LogP contribution in [0.4, 0.5) is 10.1 Å². The molecule has 0 saturated carbocycles. The molecule has 0 bridgehead atoms. The molecule has 0 radical (unpaired) electrons. The van der Waals surface area contributed by atoms with Crippen molar-refractivity contribution in [2.75, 3.05) is 44.2 Å². The lowest BCUT2D eigenvalue weighted by atomic mass is 10.2. The number of hydrogen-bond donors (Lipinski definition) is 1. The van der Waals surface area contributed by atoms with Gasteiger partial charge in [-0.3, -0.25) is 4.90 Å². The number of β-amino-alcohol motifs (C(OH)–C–C–N with tert-alkyl or cyclic N) is 1. The maximum atomic E-state index is 13.5. The van der Waals surface area contributed by atoms with Crippen LogP contribution < -0.4 is 9.64 Å². The SMILES string of the molecule is Cc1cccc(N2CCN(CC(O)COc3ccccc3F)CC2)c1. The molecule has 2 aromatic rings. The number of aliphatic hydroxyl groups is 1. The smallest absolute Gasteiger partial charge is 0.165 e. The molecule has 1 aliphatic rings. The summed E-state index contributed by atoms with van der Waals surface area (Å²) < 4.78 is 18.9. The van der Waals surface area contributed by atoms with Crippen molar-refractivity contribution < 1.29 is 14.2 Å². The number of aliphatic hydroxyl groups excluding tert-OH is 1. The second-order valence-corrected chi connectivity index (χ2v) is 6.52. The molecule has 1 atom stereocenters. The fraction of sp³-hybridized carbons (Fsp3) is 0.400. The number of ether oxygens (including phenoxy) is 1. The molecule has 2 aromatic carbocycles. The van der Waals surface area contributed by atoms with Crippen LogP contribution in [0.15, 0.2) is 48.5 Å². The highest BCUT2D eigenvalue weighted by Crippen LogP contribution is 2.18. The van der Waals surface area contributed by atoms with Crippen LogP contribution in [0.1, 0.15) is 5.56 Å². The standard InChI is InChI=1S/C20H25FN2O2/c1-16-5-4-6-17(13-16)23-11-9-22(10-12-23)14-18(24)15-25-20-8-3-2-7-19(20)21/h2-8,13,18,24H,9-12,14-15H2,1H3. The van der Waals surface area contributed by atoms with Crippen molar-refractivity contribution >= 4 is 5.69 Å². The molecule has 134 valence electrons. The summed E-state index contributed by atoms with van der Waals surface area (Å²) in [5.41, 5.74) is 2.52. The maximum absolute atomic E-state index is 13.5. The fourth-order valence-corrected chi connectivity index (χ4v) is 3.11. The molecule has 1 unspecified atom stereocenters. The summed E-state index contributed by atoms with van der Waals surface area (Å²) in [5, 5.41) is 10.2. The molecule has 3 rings (SSSR count). The first-order valence-corrected chi connectivity index (χ1v) is 8.71. The highest BCUT2D eigenvalue weighted by atomic mass is 19.1. The second-order valence-electron chi connectivity index (χ2n) is 6.52. The predicted molar refractivity (Wildman–Crippen MR) is 97.7 cm³/mol. The van der Waals surface area contributed by atoms with Gasteiger partial charge in [0.05, 0.1) is 0 Å². The Morgan fingerprint density at radius 3 is 2.56 bits per heavy atom. The quantitative estimate of drug-likeness (QED) is 0.874. The van der Waals surface area contributed by atoms with Crippen molar-refractivity contribution in [2.24, 2.45) is 0 Å². The second kappa shape index (κ2) is 8.32. The summed E-state index contributed by atoms with van der Waals surface area (Å²) in [6.45, 7) is 6.39. The summed E-state index contributed by atoms with van der Waals surface area (Å²) in [6, 6.07) is 14.8. The van der Waals surface area contributed by atoms with E-state index in [0.29, 0.717) is 6.54 Å². The van der Waals surface area contributed by atoms with E-state index in [4.69, 9.17) is 4.74 Å². The molecule has 1 heterocycles. The number of anilines is 1. The van der Waals surface area contributed by atoms with Gasteiger partial charge < -0.3 is 14.7 Å². The molecule has 4 nitrogen and oxygen atoms in total. The monoisotopic (exact) mass is 344 g/mol. The van der Waals surface area contributed by atoms with E-state index in [-0.39, 0.29) is 12.4 Å². The Morgan fingerprint density at radius 2 is 1.84 bits per heavy atom. The van der Waals surface area contributed by atoms with Crippen LogP contribution in [0.3, 0.4) is 0 Å². The van der Waals surface area contributed by atoms with Crippen LogP contribution in [0.25, 0.3) is 0 Å². The molecule has 0 aliphatic carbocycles. The minimum atomic E-state index is -0.634. The molecule has 1 aliphatic heterocycles. The molecule has 5 heteroatoms. The van der Waals surface area contributed by atoms with Gasteiger partial charge in [-0.2, -0.15) is 0 Å². The van der Waals surface area contributed by atoms with Gasteiger partial charge in [0.15, 0.2) is 11.6 Å². The van der Waals surface area contributed by atoms with Gasteiger partial charge in [0.2, 0.25) is 0 Å². The Morgan fingerprint density at radius 1 is 1.08 bits per heavy atom. The maximum Gasteiger partial charge on any atom is 0.165 e. The Hall–Kier alpha value is -2.11. The number of halogens is 1. The molecular weight excluding hydrogens is 319 g/mol. The van der Waals surface area contributed by atoms with E-state index in [9.17, 15) is 9.50 Å². The first-order valence-electron chi connectivity index (χ1n) is 8.71. The van der Waals surface area contributed by atoms with E-state index in [2.05, 4.69) is 41.0 Å². The van der Waals surface area contributed by atoms with Crippen LogP contribution in [-0.4, -0.2) is 55.4 Å². The minimum Gasteiger partial charge on any atom is -0.488 e. The average molecular weight is 344 g/mol. The Bertz CT molecular complexity index is 687. The summed E-state index contributed by atoms with van der Waals surface area (Å²) in [7, 11) is 0. The number of aryl methyl sites for hydroxylation is 1.